The number of carbonyl (C=O) groups is 2. The number of ether oxygens (including phenoxy) is 2. The molecule has 0 radical (unpaired) electrons. The molecule has 1 N–H and O–H groups in total. The second-order valence-electron chi connectivity index (χ2n) is 12.7. The number of halogens is 4. The van der Waals surface area contributed by atoms with Crippen molar-refractivity contribution in [2.24, 2.45) is 0 Å². The first-order valence-corrected chi connectivity index (χ1v) is 15.6. The van der Waals surface area contributed by atoms with E-state index in [2.05, 4.69) is 15.4 Å². The number of rotatable bonds is 4. The molecule has 3 aromatic heterocycles. The van der Waals surface area contributed by atoms with Crippen LogP contribution in [0.3, 0.4) is 0 Å². The van der Waals surface area contributed by atoms with E-state index in [1.54, 1.807) is 30.2 Å². The van der Waals surface area contributed by atoms with Gasteiger partial charge in [-0.2, -0.15) is 22.7 Å². The zero-order valence-corrected chi connectivity index (χ0v) is 27.0. The summed E-state index contributed by atoms with van der Waals surface area (Å²) in [5.41, 5.74) is -0.622. The number of nitrogens with one attached hydrogen (secondary N) is 1. The summed E-state index contributed by atoms with van der Waals surface area (Å²) >= 11 is 6.06. The molecule has 47 heavy (non-hydrogen) atoms. The molecule has 0 unspecified atom stereocenters. The highest BCUT2D eigenvalue weighted by atomic mass is 35.5. The monoisotopic (exact) mass is 678 g/mol. The standard InChI is InChI=1S/C30H34ClF3N8O5/c1-16-15-19(25(43)35-18-5-6-20(30(32,33)34)36-23(18)31)41-21(16)22(39-9-11-40(12-10-39)28(45)47-29(2,3)4)26(44)42-27(41)37-24(38-42)17-7-13-46-14-8-17/h5-7,16,19H,8-15H2,1-4H3,(H,35,43)/t16-,19+/m0/s1. The fourth-order valence-corrected chi connectivity index (χ4v) is 6.29. The number of aromatic nitrogens is 5. The number of nitrogens with zero attached hydrogens (tertiary/aromatic N) is 7. The number of hydrogen-bond acceptors (Lipinski definition) is 9. The second kappa shape index (κ2) is 12.1. The molecule has 1 fully saturated rings. The van der Waals surface area contributed by atoms with Crippen LogP contribution in [0.1, 0.15) is 69.7 Å². The number of carbonyl (C=O) groups excluding carboxylic acids is 2. The van der Waals surface area contributed by atoms with Gasteiger partial charge in [-0.15, -0.1) is 5.10 Å². The van der Waals surface area contributed by atoms with Crippen molar-refractivity contribution in [3.8, 4) is 0 Å². The molecule has 0 aliphatic carbocycles. The van der Waals surface area contributed by atoms with Crippen LogP contribution in [0.2, 0.25) is 5.15 Å². The second-order valence-corrected chi connectivity index (χ2v) is 13.1. The summed E-state index contributed by atoms with van der Waals surface area (Å²) in [5.74, 6) is -0.378. The highest BCUT2D eigenvalue weighted by Crippen LogP contribution is 2.42. The Kier molecular flexibility index (Phi) is 8.45. The van der Waals surface area contributed by atoms with Gasteiger partial charge in [0.1, 0.15) is 23.0 Å². The first-order chi connectivity index (χ1) is 22.1. The third kappa shape index (κ3) is 6.40. The molecule has 3 aromatic rings. The molecule has 13 nitrogen and oxygen atoms in total. The van der Waals surface area contributed by atoms with Gasteiger partial charge in [0.2, 0.25) is 11.7 Å². The third-order valence-corrected chi connectivity index (χ3v) is 8.54. The topological polar surface area (TPSA) is 136 Å². The van der Waals surface area contributed by atoms with Crippen molar-refractivity contribution in [3.05, 3.63) is 50.9 Å². The molecule has 1 saturated heterocycles. The summed E-state index contributed by atoms with van der Waals surface area (Å²) in [6.45, 7) is 9.36. The minimum absolute atomic E-state index is 0.0872. The third-order valence-electron chi connectivity index (χ3n) is 8.26. The van der Waals surface area contributed by atoms with Crippen LogP contribution >= 0.6 is 11.6 Å². The van der Waals surface area contributed by atoms with Crippen LogP contribution in [-0.2, 0) is 20.4 Å². The lowest BCUT2D eigenvalue weighted by molar-refractivity contribution is -0.141. The molecule has 3 aliphatic rings. The van der Waals surface area contributed by atoms with Crippen molar-refractivity contribution in [2.75, 3.05) is 49.6 Å². The summed E-state index contributed by atoms with van der Waals surface area (Å²) < 4.78 is 53.3. The molecule has 252 valence electrons. The Hall–Kier alpha value is -4.18. The fourth-order valence-electron chi connectivity index (χ4n) is 6.09. The van der Waals surface area contributed by atoms with Gasteiger partial charge in [-0.05, 0) is 51.3 Å². The molecule has 3 aliphatic heterocycles. The maximum Gasteiger partial charge on any atom is 0.433 e. The molecule has 0 spiro atoms. The predicted molar refractivity (Wildman–Crippen MR) is 166 cm³/mol. The van der Waals surface area contributed by atoms with E-state index >= 15 is 0 Å². The van der Waals surface area contributed by atoms with Crippen LogP contribution in [-0.4, -0.2) is 86.0 Å². The van der Waals surface area contributed by atoms with Gasteiger partial charge in [-0.1, -0.05) is 24.6 Å². The van der Waals surface area contributed by atoms with Gasteiger partial charge in [0.25, 0.3) is 5.56 Å². The first kappa shape index (κ1) is 32.7. The van der Waals surface area contributed by atoms with Crippen molar-refractivity contribution < 1.29 is 32.2 Å². The van der Waals surface area contributed by atoms with Crippen molar-refractivity contribution in [1.82, 2.24) is 29.0 Å². The highest BCUT2D eigenvalue weighted by molar-refractivity contribution is 6.32. The zero-order chi connectivity index (χ0) is 33.8. The van der Waals surface area contributed by atoms with Gasteiger partial charge in [-0.3, -0.25) is 14.2 Å². The van der Waals surface area contributed by atoms with E-state index in [4.69, 9.17) is 26.1 Å². The Morgan fingerprint density at radius 3 is 2.45 bits per heavy atom. The average molecular weight is 679 g/mol. The quantitative estimate of drug-likeness (QED) is 0.396. The molecule has 0 bridgehead atoms. The van der Waals surface area contributed by atoms with Gasteiger partial charge in [-0.25, -0.2) is 9.78 Å². The Bertz CT molecular complexity index is 1820. The fraction of sp³-hybridized carbons (Fsp3) is 0.533. The molecular weight excluding hydrogens is 645 g/mol. The summed E-state index contributed by atoms with van der Waals surface area (Å²) in [5, 5.41) is 6.68. The van der Waals surface area contributed by atoms with E-state index in [0.717, 1.165) is 17.7 Å². The summed E-state index contributed by atoms with van der Waals surface area (Å²) in [7, 11) is 0. The van der Waals surface area contributed by atoms with Crippen molar-refractivity contribution in [1.29, 1.82) is 0 Å². The van der Waals surface area contributed by atoms with Gasteiger partial charge >= 0.3 is 12.3 Å². The van der Waals surface area contributed by atoms with Crippen molar-refractivity contribution >= 4 is 46.3 Å². The van der Waals surface area contributed by atoms with Crippen LogP contribution in [0.4, 0.5) is 29.3 Å². The molecule has 17 heteroatoms. The minimum Gasteiger partial charge on any atom is -0.444 e. The highest BCUT2D eigenvalue weighted by Gasteiger charge is 2.41. The van der Waals surface area contributed by atoms with Crippen LogP contribution in [0.15, 0.2) is 23.0 Å². The summed E-state index contributed by atoms with van der Waals surface area (Å²) in [4.78, 5) is 52.3. The molecule has 0 aromatic carbocycles. The van der Waals surface area contributed by atoms with E-state index < -0.39 is 46.2 Å². The van der Waals surface area contributed by atoms with Gasteiger partial charge < -0.3 is 24.6 Å². The number of piperazine rings is 1. The van der Waals surface area contributed by atoms with Crippen molar-refractivity contribution in [3.63, 3.8) is 0 Å². The summed E-state index contributed by atoms with van der Waals surface area (Å²) in [6, 6.07) is 0.881. The molecule has 6 rings (SSSR count). The van der Waals surface area contributed by atoms with Gasteiger partial charge in [0, 0.05) is 32.1 Å². The van der Waals surface area contributed by atoms with Crippen LogP contribution < -0.4 is 15.8 Å². The largest absolute Gasteiger partial charge is 0.444 e. The Labute approximate surface area is 272 Å². The van der Waals surface area contributed by atoms with E-state index in [9.17, 15) is 27.6 Å². The molecule has 2 atom stereocenters. The van der Waals surface area contributed by atoms with E-state index in [0.29, 0.717) is 63.0 Å². The lowest BCUT2D eigenvalue weighted by Gasteiger charge is -2.37. The lowest BCUT2D eigenvalue weighted by atomic mass is 10.0. The Morgan fingerprint density at radius 1 is 1.11 bits per heavy atom. The molecular formula is C30H34ClF3N8O5. The molecule has 2 amide bonds. The van der Waals surface area contributed by atoms with Gasteiger partial charge in [0.05, 0.1) is 24.6 Å². The number of alkyl halides is 3. The number of amides is 2. The molecule has 0 saturated carbocycles. The molecule has 6 heterocycles. The Balaban J connectivity index is 1.39. The number of hydrogen-bond donors (Lipinski definition) is 1. The van der Waals surface area contributed by atoms with Crippen LogP contribution in [0.5, 0.6) is 0 Å². The normalized spacial score (nSPS) is 20.3. The van der Waals surface area contributed by atoms with Gasteiger partial charge in [0.15, 0.2) is 11.0 Å². The minimum atomic E-state index is -4.70. The first-order valence-electron chi connectivity index (χ1n) is 15.2. The van der Waals surface area contributed by atoms with Crippen LogP contribution in [0, 0.1) is 0 Å². The number of pyridine rings is 1. The Morgan fingerprint density at radius 2 is 1.83 bits per heavy atom. The van der Waals surface area contributed by atoms with Crippen LogP contribution in [0.25, 0.3) is 11.4 Å². The maximum absolute atomic E-state index is 14.2. The number of fused-ring (bicyclic) bond motifs is 3. The maximum atomic E-state index is 14.2. The SMILES string of the molecule is C[C@H]1C[C@H](C(=O)Nc2ccc(C(F)(F)F)nc2Cl)n2c1c(N1CCN(C(=O)OC(C)(C)C)CC1)c(=O)n1nc(C3=CCOCC3)nc21. The van der Waals surface area contributed by atoms with E-state index in [1.807, 2.05) is 17.9 Å². The van der Waals surface area contributed by atoms with E-state index in [1.165, 1.54) is 4.52 Å². The smallest absolute Gasteiger partial charge is 0.433 e. The van der Waals surface area contributed by atoms with Crippen molar-refractivity contribution in [2.45, 2.75) is 64.3 Å². The summed E-state index contributed by atoms with van der Waals surface area (Å²) in [6.07, 6.45) is -2.50. The number of anilines is 2. The zero-order valence-electron chi connectivity index (χ0n) is 26.2. The predicted octanol–water partition coefficient (Wildman–Crippen LogP) is 4.51. The average Bonchev–Trinajstić information content (AvgIpc) is 3.60. The van der Waals surface area contributed by atoms with E-state index in [-0.39, 0.29) is 23.8 Å². The lowest BCUT2D eigenvalue weighted by Crippen LogP contribution is -2.51.